The van der Waals surface area contributed by atoms with Crippen LogP contribution in [0, 0.1) is 0 Å². The number of benzene rings is 1. The van der Waals surface area contributed by atoms with Crippen molar-refractivity contribution in [2.24, 2.45) is 0 Å². The summed E-state index contributed by atoms with van der Waals surface area (Å²) in [5, 5.41) is 6.81. The summed E-state index contributed by atoms with van der Waals surface area (Å²) in [6, 6.07) is 14.9. The van der Waals surface area contributed by atoms with Crippen LogP contribution >= 0.6 is 11.6 Å². The monoisotopic (exact) mass is 355 g/mol. The van der Waals surface area contributed by atoms with E-state index >= 15 is 0 Å². The van der Waals surface area contributed by atoms with Gasteiger partial charge in [-0.2, -0.15) is 0 Å². The molecule has 0 aliphatic carbocycles. The second-order valence-electron chi connectivity index (χ2n) is 5.50. The molecule has 0 aliphatic rings. The Bertz CT molecular complexity index is 817. The third-order valence-electron chi connectivity index (χ3n) is 3.65. The van der Waals surface area contributed by atoms with Crippen molar-refractivity contribution in [2.75, 3.05) is 11.9 Å². The van der Waals surface area contributed by atoms with E-state index in [1.54, 1.807) is 24.6 Å². The number of furan rings is 1. The molecule has 3 aromatic rings. The number of nitrogens with zero attached hydrogens (tertiary/aromatic N) is 1. The SMILES string of the molecule is O=C(NCc1ccco1)c1cc(NCCc2ccc(Cl)cc2)ccn1. The van der Waals surface area contributed by atoms with Crippen LogP contribution in [-0.4, -0.2) is 17.4 Å². The topological polar surface area (TPSA) is 67.2 Å². The molecule has 2 N–H and O–H groups in total. The molecule has 25 heavy (non-hydrogen) atoms. The number of aromatic nitrogens is 1. The minimum atomic E-state index is -0.238. The lowest BCUT2D eigenvalue weighted by Crippen LogP contribution is -2.23. The number of carbonyl (C=O) groups excluding carboxylic acids is 1. The fourth-order valence-electron chi connectivity index (χ4n) is 2.34. The number of pyridine rings is 1. The van der Waals surface area contributed by atoms with Crippen molar-refractivity contribution in [1.29, 1.82) is 0 Å². The number of carbonyl (C=O) groups is 1. The molecule has 0 bridgehead atoms. The zero-order valence-electron chi connectivity index (χ0n) is 13.5. The summed E-state index contributed by atoms with van der Waals surface area (Å²) in [5.41, 5.74) is 2.41. The van der Waals surface area contributed by atoms with Crippen LogP contribution in [-0.2, 0) is 13.0 Å². The average Bonchev–Trinajstić information content (AvgIpc) is 3.15. The van der Waals surface area contributed by atoms with E-state index in [1.807, 2.05) is 36.4 Å². The van der Waals surface area contributed by atoms with Crippen LogP contribution in [0.1, 0.15) is 21.8 Å². The van der Waals surface area contributed by atoms with E-state index in [0.717, 1.165) is 23.7 Å². The minimum Gasteiger partial charge on any atom is -0.467 e. The number of hydrogen-bond acceptors (Lipinski definition) is 4. The maximum Gasteiger partial charge on any atom is 0.270 e. The molecule has 128 valence electrons. The fourth-order valence-corrected chi connectivity index (χ4v) is 2.46. The smallest absolute Gasteiger partial charge is 0.270 e. The molecule has 0 unspecified atom stereocenters. The van der Waals surface area contributed by atoms with E-state index in [9.17, 15) is 4.79 Å². The first-order valence-electron chi connectivity index (χ1n) is 7.96. The molecule has 2 aromatic heterocycles. The third-order valence-corrected chi connectivity index (χ3v) is 3.90. The van der Waals surface area contributed by atoms with Crippen LogP contribution in [0.5, 0.6) is 0 Å². The van der Waals surface area contributed by atoms with E-state index in [2.05, 4.69) is 15.6 Å². The third kappa shape index (κ3) is 5.09. The van der Waals surface area contributed by atoms with Gasteiger partial charge in [0.25, 0.3) is 5.91 Å². The van der Waals surface area contributed by atoms with Crippen molar-refractivity contribution >= 4 is 23.2 Å². The van der Waals surface area contributed by atoms with E-state index < -0.39 is 0 Å². The predicted molar refractivity (Wildman–Crippen MR) is 97.8 cm³/mol. The lowest BCUT2D eigenvalue weighted by atomic mass is 10.1. The van der Waals surface area contributed by atoms with Crippen molar-refractivity contribution in [3.8, 4) is 0 Å². The highest BCUT2D eigenvalue weighted by Gasteiger charge is 2.08. The van der Waals surface area contributed by atoms with Gasteiger partial charge >= 0.3 is 0 Å². The van der Waals surface area contributed by atoms with Gasteiger partial charge in [-0.05, 0) is 48.4 Å². The Morgan fingerprint density at radius 3 is 2.76 bits per heavy atom. The number of nitrogens with one attached hydrogen (secondary N) is 2. The predicted octanol–water partition coefficient (Wildman–Crippen LogP) is 3.91. The molecule has 0 atom stereocenters. The highest BCUT2D eigenvalue weighted by molar-refractivity contribution is 6.30. The van der Waals surface area contributed by atoms with Crippen LogP contribution in [0.4, 0.5) is 5.69 Å². The van der Waals surface area contributed by atoms with Gasteiger partial charge in [-0.25, -0.2) is 0 Å². The summed E-state index contributed by atoms with van der Waals surface area (Å²) in [5.74, 6) is 0.461. The first-order valence-corrected chi connectivity index (χ1v) is 8.33. The lowest BCUT2D eigenvalue weighted by molar-refractivity contribution is 0.0943. The van der Waals surface area contributed by atoms with E-state index in [4.69, 9.17) is 16.0 Å². The van der Waals surface area contributed by atoms with Crippen LogP contribution in [0.3, 0.4) is 0 Å². The molecule has 5 nitrogen and oxygen atoms in total. The van der Waals surface area contributed by atoms with E-state index in [0.29, 0.717) is 18.0 Å². The van der Waals surface area contributed by atoms with Gasteiger partial charge in [0.2, 0.25) is 0 Å². The van der Waals surface area contributed by atoms with Crippen molar-refractivity contribution in [3.63, 3.8) is 0 Å². The Morgan fingerprint density at radius 2 is 2.00 bits per heavy atom. The molecule has 0 fully saturated rings. The Labute approximate surface area is 151 Å². The molecular weight excluding hydrogens is 338 g/mol. The zero-order valence-corrected chi connectivity index (χ0v) is 14.3. The molecule has 1 amide bonds. The van der Waals surface area contributed by atoms with Gasteiger partial charge in [0.05, 0.1) is 12.8 Å². The zero-order chi connectivity index (χ0) is 17.5. The number of amides is 1. The van der Waals surface area contributed by atoms with Crippen LogP contribution in [0.2, 0.25) is 5.02 Å². The van der Waals surface area contributed by atoms with E-state index in [1.165, 1.54) is 5.56 Å². The van der Waals surface area contributed by atoms with Crippen molar-refractivity contribution in [2.45, 2.75) is 13.0 Å². The van der Waals surface area contributed by atoms with Gasteiger partial charge < -0.3 is 15.1 Å². The molecule has 6 heteroatoms. The second kappa shape index (κ2) is 8.35. The first kappa shape index (κ1) is 17.0. The molecule has 2 heterocycles. The quantitative estimate of drug-likeness (QED) is 0.674. The summed E-state index contributed by atoms with van der Waals surface area (Å²) in [4.78, 5) is 16.3. The van der Waals surface area contributed by atoms with Gasteiger partial charge in [-0.15, -0.1) is 0 Å². The van der Waals surface area contributed by atoms with Crippen LogP contribution in [0.25, 0.3) is 0 Å². The molecule has 3 rings (SSSR count). The summed E-state index contributed by atoms with van der Waals surface area (Å²) in [7, 11) is 0. The van der Waals surface area contributed by atoms with E-state index in [-0.39, 0.29) is 5.91 Å². The molecular formula is C19H18ClN3O2. The Kier molecular flexibility index (Phi) is 5.69. The summed E-state index contributed by atoms with van der Waals surface area (Å²) in [6.45, 7) is 1.08. The van der Waals surface area contributed by atoms with Gasteiger partial charge in [-0.1, -0.05) is 23.7 Å². The van der Waals surface area contributed by atoms with Gasteiger partial charge in [0, 0.05) is 23.5 Å². The Morgan fingerprint density at radius 1 is 1.16 bits per heavy atom. The maximum atomic E-state index is 12.2. The number of hydrogen-bond donors (Lipinski definition) is 2. The van der Waals surface area contributed by atoms with Gasteiger partial charge in [0.1, 0.15) is 11.5 Å². The minimum absolute atomic E-state index is 0.238. The lowest BCUT2D eigenvalue weighted by Gasteiger charge is -2.08. The molecule has 0 saturated carbocycles. The van der Waals surface area contributed by atoms with Gasteiger partial charge in [-0.3, -0.25) is 9.78 Å². The average molecular weight is 356 g/mol. The summed E-state index contributed by atoms with van der Waals surface area (Å²) in [6.07, 6.45) is 4.05. The van der Waals surface area contributed by atoms with Crippen LogP contribution < -0.4 is 10.6 Å². The van der Waals surface area contributed by atoms with Crippen molar-refractivity contribution in [1.82, 2.24) is 10.3 Å². The molecule has 0 saturated heterocycles. The van der Waals surface area contributed by atoms with Crippen LogP contribution in [0.15, 0.2) is 65.4 Å². The molecule has 0 spiro atoms. The highest BCUT2D eigenvalue weighted by Crippen LogP contribution is 2.12. The van der Waals surface area contributed by atoms with Gasteiger partial charge in [0.15, 0.2) is 0 Å². The molecule has 0 aliphatic heterocycles. The Balaban J connectivity index is 1.51. The van der Waals surface area contributed by atoms with Crippen molar-refractivity contribution < 1.29 is 9.21 Å². The first-order chi connectivity index (χ1) is 12.2. The molecule has 0 radical (unpaired) electrons. The highest BCUT2D eigenvalue weighted by atomic mass is 35.5. The maximum absolute atomic E-state index is 12.2. The standard InChI is InChI=1S/C19H18ClN3O2/c20-15-5-3-14(4-6-15)7-9-21-16-8-10-22-18(12-16)19(24)23-13-17-2-1-11-25-17/h1-6,8,10-12H,7,9,13H2,(H,21,22)(H,23,24). The second-order valence-corrected chi connectivity index (χ2v) is 5.93. The number of halogens is 1. The summed E-state index contributed by atoms with van der Waals surface area (Å²) < 4.78 is 5.19. The Hall–Kier alpha value is -2.79. The largest absolute Gasteiger partial charge is 0.467 e. The number of anilines is 1. The summed E-state index contributed by atoms with van der Waals surface area (Å²) >= 11 is 5.88. The molecule has 1 aromatic carbocycles. The fraction of sp³-hybridized carbons (Fsp3) is 0.158. The normalized spacial score (nSPS) is 10.4. The van der Waals surface area contributed by atoms with Crippen molar-refractivity contribution in [3.05, 3.63) is 83.0 Å². The number of rotatable bonds is 7.